The maximum Gasteiger partial charge on any atom is 0.322 e. The minimum absolute atomic E-state index is 0.0824. The first-order chi connectivity index (χ1) is 13.7. The fourth-order valence-corrected chi connectivity index (χ4v) is 3.57. The highest BCUT2D eigenvalue weighted by atomic mass is 16.5. The molecule has 0 saturated carbocycles. The van der Waals surface area contributed by atoms with Crippen molar-refractivity contribution in [3.8, 4) is 5.75 Å². The van der Waals surface area contributed by atoms with E-state index in [1.165, 1.54) is 11.4 Å². The Bertz CT molecular complexity index is 766. The van der Waals surface area contributed by atoms with Crippen molar-refractivity contribution < 1.29 is 9.53 Å². The average Bonchev–Trinajstić information content (AvgIpc) is 2.75. The van der Waals surface area contributed by atoms with Crippen LogP contribution in [0.4, 0.5) is 21.9 Å². The number of ether oxygens (including phenoxy) is 1. The normalized spacial score (nSPS) is 14.0. The molecule has 0 atom stereocenters. The lowest BCUT2D eigenvalue weighted by molar-refractivity contribution is 0.208. The molecule has 0 unspecified atom stereocenters. The summed E-state index contributed by atoms with van der Waals surface area (Å²) in [5.41, 5.74) is 3.16. The lowest BCUT2D eigenvalue weighted by atomic mass is 10.2. The number of carbonyl (C=O) groups is 1. The highest BCUT2D eigenvalue weighted by molar-refractivity contribution is 5.91. The number of rotatable bonds is 6. The van der Waals surface area contributed by atoms with Crippen LogP contribution in [0.15, 0.2) is 48.5 Å². The van der Waals surface area contributed by atoms with Crippen molar-refractivity contribution >= 4 is 23.1 Å². The van der Waals surface area contributed by atoms with Gasteiger partial charge in [-0.25, -0.2) is 4.79 Å². The van der Waals surface area contributed by atoms with Crippen LogP contribution < -0.4 is 19.9 Å². The van der Waals surface area contributed by atoms with Gasteiger partial charge < -0.3 is 24.8 Å². The molecule has 2 aromatic rings. The molecule has 2 aromatic carbocycles. The number of methoxy groups -OCH3 is 1. The SMILES string of the molecule is CCN(CC)c1ccc(N2CCN(C(=O)Nc3ccccc3OC)CC2)cc1. The van der Waals surface area contributed by atoms with Crippen molar-refractivity contribution in [2.75, 3.05) is 61.5 Å². The van der Waals surface area contributed by atoms with E-state index in [0.29, 0.717) is 24.5 Å². The number of benzene rings is 2. The maximum atomic E-state index is 12.6. The van der Waals surface area contributed by atoms with Gasteiger partial charge in [0.25, 0.3) is 0 Å². The van der Waals surface area contributed by atoms with Crippen LogP contribution in [0, 0.1) is 0 Å². The topological polar surface area (TPSA) is 48.0 Å². The Morgan fingerprint density at radius 1 is 1.00 bits per heavy atom. The van der Waals surface area contributed by atoms with E-state index in [1.807, 2.05) is 29.2 Å². The van der Waals surface area contributed by atoms with E-state index in [1.54, 1.807) is 7.11 Å². The monoisotopic (exact) mass is 382 g/mol. The van der Waals surface area contributed by atoms with Crippen LogP contribution in [-0.2, 0) is 0 Å². The van der Waals surface area contributed by atoms with Gasteiger partial charge in [-0.2, -0.15) is 0 Å². The molecule has 0 aromatic heterocycles. The van der Waals surface area contributed by atoms with Crippen LogP contribution in [0.1, 0.15) is 13.8 Å². The molecule has 6 heteroatoms. The van der Waals surface area contributed by atoms with E-state index < -0.39 is 0 Å². The predicted octanol–water partition coefficient (Wildman–Crippen LogP) is 3.90. The molecular weight excluding hydrogens is 352 g/mol. The van der Waals surface area contributed by atoms with Crippen LogP contribution in [0.5, 0.6) is 5.75 Å². The van der Waals surface area contributed by atoms with E-state index in [0.717, 1.165) is 26.2 Å². The summed E-state index contributed by atoms with van der Waals surface area (Å²) in [5.74, 6) is 0.669. The second-order valence-electron chi connectivity index (χ2n) is 6.79. The standard InChI is InChI=1S/C22H30N4O2/c1-4-24(5-2)18-10-12-19(13-11-18)25-14-16-26(17-15-25)22(27)23-20-8-6-7-9-21(20)28-3/h6-13H,4-5,14-17H2,1-3H3,(H,23,27). The zero-order valence-electron chi connectivity index (χ0n) is 17.0. The summed E-state index contributed by atoms with van der Waals surface area (Å²) < 4.78 is 5.31. The second-order valence-corrected chi connectivity index (χ2v) is 6.79. The minimum atomic E-state index is -0.0824. The van der Waals surface area contributed by atoms with Crippen molar-refractivity contribution in [1.29, 1.82) is 0 Å². The number of nitrogens with one attached hydrogen (secondary N) is 1. The van der Waals surface area contributed by atoms with Gasteiger partial charge in [0.2, 0.25) is 0 Å². The Hall–Kier alpha value is -2.89. The van der Waals surface area contributed by atoms with Gasteiger partial charge in [-0.3, -0.25) is 0 Å². The molecule has 1 aliphatic heterocycles. The van der Waals surface area contributed by atoms with Gasteiger partial charge in [0.1, 0.15) is 5.75 Å². The van der Waals surface area contributed by atoms with Gasteiger partial charge in [-0.1, -0.05) is 12.1 Å². The van der Waals surface area contributed by atoms with Crippen LogP contribution in [0.2, 0.25) is 0 Å². The molecule has 28 heavy (non-hydrogen) atoms. The van der Waals surface area contributed by atoms with E-state index in [-0.39, 0.29) is 6.03 Å². The highest BCUT2D eigenvalue weighted by Crippen LogP contribution is 2.24. The van der Waals surface area contributed by atoms with E-state index in [9.17, 15) is 4.79 Å². The number of nitrogens with zero attached hydrogens (tertiary/aromatic N) is 3. The third kappa shape index (κ3) is 4.50. The number of para-hydroxylation sites is 2. The third-order valence-electron chi connectivity index (χ3n) is 5.26. The van der Waals surface area contributed by atoms with Gasteiger partial charge in [0.05, 0.1) is 12.8 Å². The smallest absolute Gasteiger partial charge is 0.322 e. The molecule has 1 heterocycles. The number of hydrogen-bond donors (Lipinski definition) is 1. The number of amides is 2. The number of urea groups is 1. The van der Waals surface area contributed by atoms with Crippen LogP contribution in [0.3, 0.4) is 0 Å². The third-order valence-corrected chi connectivity index (χ3v) is 5.26. The Labute approximate surface area is 167 Å². The molecule has 1 N–H and O–H groups in total. The van der Waals surface area contributed by atoms with Crippen molar-refractivity contribution in [3.05, 3.63) is 48.5 Å². The van der Waals surface area contributed by atoms with Crippen molar-refractivity contribution in [3.63, 3.8) is 0 Å². The summed E-state index contributed by atoms with van der Waals surface area (Å²) in [6.45, 7) is 9.40. The fourth-order valence-electron chi connectivity index (χ4n) is 3.57. The van der Waals surface area contributed by atoms with Gasteiger partial charge in [-0.05, 0) is 50.2 Å². The summed E-state index contributed by atoms with van der Waals surface area (Å²) in [7, 11) is 1.61. The molecular formula is C22H30N4O2. The van der Waals surface area contributed by atoms with Crippen molar-refractivity contribution in [2.24, 2.45) is 0 Å². The van der Waals surface area contributed by atoms with Gasteiger partial charge in [0, 0.05) is 50.6 Å². The number of hydrogen-bond acceptors (Lipinski definition) is 4. The van der Waals surface area contributed by atoms with Gasteiger partial charge in [0.15, 0.2) is 0 Å². The molecule has 1 saturated heterocycles. The van der Waals surface area contributed by atoms with E-state index in [4.69, 9.17) is 4.74 Å². The van der Waals surface area contributed by atoms with Crippen molar-refractivity contribution in [1.82, 2.24) is 4.90 Å². The zero-order chi connectivity index (χ0) is 19.9. The maximum absolute atomic E-state index is 12.6. The minimum Gasteiger partial charge on any atom is -0.495 e. The Morgan fingerprint density at radius 3 is 2.25 bits per heavy atom. The Morgan fingerprint density at radius 2 is 1.64 bits per heavy atom. The second kappa shape index (κ2) is 9.35. The number of anilines is 3. The van der Waals surface area contributed by atoms with E-state index in [2.05, 4.69) is 53.2 Å². The van der Waals surface area contributed by atoms with Crippen LogP contribution >= 0.6 is 0 Å². The molecule has 1 fully saturated rings. The van der Waals surface area contributed by atoms with E-state index >= 15 is 0 Å². The zero-order valence-corrected chi connectivity index (χ0v) is 17.0. The Balaban J connectivity index is 1.56. The lowest BCUT2D eigenvalue weighted by Crippen LogP contribution is -2.50. The molecule has 0 spiro atoms. The van der Waals surface area contributed by atoms with Gasteiger partial charge in [-0.15, -0.1) is 0 Å². The highest BCUT2D eigenvalue weighted by Gasteiger charge is 2.22. The molecule has 3 rings (SSSR count). The molecule has 1 aliphatic rings. The molecule has 2 amide bonds. The van der Waals surface area contributed by atoms with Crippen LogP contribution in [-0.4, -0.2) is 57.3 Å². The lowest BCUT2D eigenvalue weighted by Gasteiger charge is -2.36. The first-order valence-corrected chi connectivity index (χ1v) is 9.95. The first-order valence-electron chi connectivity index (χ1n) is 9.95. The molecule has 0 radical (unpaired) electrons. The summed E-state index contributed by atoms with van der Waals surface area (Å²) in [4.78, 5) is 19.1. The van der Waals surface area contributed by atoms with Crippen LogP contribution in [0.25, 0.3) is 0 Å². The molecule has 0 aliphatic carbocycles. The molecule has 150 valence electrons. The molecule has 6 nitrogen and oxygen atoms in total. The first kappa shape index (κ1) is 19.9. The summed E-state index contributed by atoms with van der Waals surface area (Å²) >= 11 is 0. The summed E-state index contributed by atoms with van der Waals surface area (Å²) in [5, 5.41) is 2.96. The summed E-state index contributed by atoms with van der Waals surface area (Å²) in [6.07, 6.45) is 0. The number of carbonyl (C=O) groups excluding carboxylic acids is 1. The predicted molar refractivity (Wildman–Crippen MR) is 116 cm³/mol. The summed E-state index contributed by atoms with van der Waals surface area (Å²) in [6, 6.07) is 16.1. The van der Waals surface area contributed by atoms with Crippen molar-refractivity contribution in [2.45, 2.75) is 13.8 Å². The quantitative estimate of drug-likeness (QED) is 0.823. The fraction of sp³-hybridized carbons (Fsp3) is 0.409. The average molecular weight is 383 g/mol. The largest absolute Gasteiger partial charge is 0.495 e. The molecule has 0 bridgehead atoms. The Kier molecular flexibility index (Phi) is 6.63. The van der Waals surface area contributed by atoms with Gasteiger partial charge >= 0.3 is 6.03 Å². The number of piperazine rings is 1.